The molecule has 1 aromatic carbocycles. The highest BCUT2D eigenvalue weighted by atomic mass is 35.5. The van der Waals surface area contributed by atoms with Gasteiger partial charge >= 0.3 is 0 Å². The zero-order valence-electron chi connectivity index (χ0n) is 15.5. The molecule has 0 N–H and O–H groups in total. The summed E-state index contributed by atoms with van der Waals surface area (Å²) in [6.45, 7) is 1.42. The quantitative estimate of drug-likeness (QED) is 0.685. The molecule has 1 aromatic heterocycles. The average molecular weight is 439 g/mol. The number of carbonyl (C=O) groups is 1. The monoisotopic (exact) mass is 438 g/mol. The topological polar surface area (TPSA) is 57.7 Å². The summed E-state index contributed by atoms with van der Waals surface area (Å²) in [5.41, 5.74) is 0. The number of amides is 1. The second-order valence-corrected chi connectivity index (χ2v) is 10.8. The molecular weight excluding hydrogens is 416 g/mol. The number of hydrogen-bond acceptors (Lipinski definition) is 4. The smallest absolute Gasteiger partial charge is 0.243 e. The Morgan fingerprint density at radius 2 is 1.79 bits per heavy atom. The molecule has 1 aliphatic carbocycles. The Labute approximate surface area is 175 Å². The molecule has 2 aliphatic rings. The molecular formula is C20H23ClN2O3S2. The molecule has 0 atom stereocenters. The molecule has 0 unspecified atom stereocenters. The van der Waals surface area contributed by atoms with Gasteiger partial charge in [-0.3, -0.25) is 4.79 Å². The summed E-state index contributed by atoms with van der Waals surface area (Å²) in [7, 11) is -3.54. The van der Waals surface area contributed by atoms with Crippen LogP contribution >= 0.6 is 22.9 Å². The van der Waals surface area contributed by atoms with E-state index in [-0.39, 0.29) is 16.7 Å². The van der Waals surface area contributed by atoms with Gasteiger partial charge in [-0.2, -0.15) is 4.31 Å². The van der Waals surface area contributed by atoms with E-state index in [4.69, 9.17) is 11.6 Å². The molecule has 1 saturated carbocycles. The van der Waals surface area contributed by atoms with E-state index in [1.54, 1.807) is 23.5 Å². The van der Waals surface area contributed by atoms with Crippen molar-refractivity contribution in [3.63, 3.8) is 0 Å². The molecule has 0 spiro atoms. The molecule has 8 heteroatoms. The lowest BCUT2D eigenvalue weighted by Gasteiger charge is -2.33. The van der Waals surface area contributed by atoms with Crippen LogP contribution in [-0.2, 0) is 21.4 Å². The van der Waals surface area contributed by atoms with Gasteiger partial charge in [0.15, 0.2) is 0 Å². The molecule has 2 fully saturated rings. The third-order valence-electron chi connectivity index (χ3n) is 5.43. The fourth-order valence-electron chi connectivity index (χ4n) is 3.68. The first-order valence-corrected chi connectivity index (χ1v) is 12.2. The molecule has 4 rings (SSSR count). The van der Waals surface area contributed by atoms with E-state index in [2.05, 4.69) is 6.07 Å². The third kappa shape index (κ3) is 4.27. The van der Waals surface area contributed by atoms with Crippen LogP contribution < -0.4 is 0 Å². The first-order valence-electron chi connectivity index (χ1n) is 9.54. The lowest BCUT2D eigenvalue weighted by molar-refractivity contribution is -0.138. The van der Waals surface area contributed by atoms with Crippen LogP contribution in [0.25, 0.3) is 0 Å². The maximum Gasteiger partial charge on any atom is 0.243 e. The minimum atomic E-state index is -3.54. The van der Waals surface area contributed by atoms with Crippen molar-refractivity contribution in [3.05, 3.63) is 51.7 Å². The lowest BCUT2D eigenvalue weighted by atomic mass is 9.96. The summed E-state index contributed by atoms with van der Waals surface area (Å²) >= 11 is 7.53. The Kier molecular flexibility index (Phi) is 5.78. The number of rotatable bonds is 6. The zero-order valence-corrected chi connectivity index (χ0v) is 17.8. The lowest BCUT2D eigenvalue weighted by Crippen LogP contribution is -2.44. The van der Waals surface area contributed by atoms with Gasteiger partial charge in [-0.05, 0) is 61.4 Å². The number of carbonyl (C=O) groups excluding carboxylic acids is 1. The van der Waals surface area contributed by atoms with Crippen LogP contribution in [0.4, 0.5) is 0 Å². The number of hydrogen-bond donors (Lipinski definition) is 0. The summed E-state index contributed by atoms with van der Waals surface area (Å²) in [6.07, 6.45) is 3.28. The van der Waals surface area contributed by atoms with Gasteiger partial charge < -0.3 is 4.90 Å². The van der Waals surface area contributed by atoms with E-state index >= 15 is 0 Å². The molecule has 5 nitrogen and oxygen atoms in total. The van der Waals surface area contributed by atoms with Gasteiger partial charge in [0.05, 0.1) is 11.4 Å². The van der Waals surface area contributed by atoms with Crippen molar-refractivity contribution in [2.24, 2.45) is 5.92 Å². The van der Waals surface area contributed by atoms with Crippen LogP contribution in [0.5, 0.6) is 0 Å². The van der Waals surface area contributed by atoms with Gasteiger partial charge in [0.25, 0.3) is 0 Å². The molecule has 0 bridgehead atoms. The molecule has 1 saturated heterocycles. The minimum absolute atomic E-state index is 0.0998. The van der Waals surface area contributed by atoms with Gasteiger partial charge in [-0.15, -0.1) is 11.3 Å². The van der Waals surface area contributed by atoms with Gasteiger partial charge in [0.2, 0.25) is 15.9 Å². The molecule has 2 aromatic rings. The first-order chi connectivity index (χ1) is 13.4. The summed E-state index contributed by atoms with van der Waals surface area (Å²) in [5, 5.41) is 2.54. The molecule has 2 heterocycles. The van der Waals surface area contributed by atoms with E-state index in [1.807, 2.05) is 16.3 Å². The Morgan fingerprint density at radius 1 is 1.11 bits per heavy atom. The predicted molar refractivity (Wildman–Crippen MR) is 111 cm³/mol. The number of sulfonamides is 1. The highest BCUT2D eigenvalue weighted by Gasteiger charge is 2.38. The van der Waals surface area contributed by atoms with E-state index in [9.17, 15) is 13.2 Å². The van der Waals surface area contributed by atoms with Gasteiger partial charge in [0.1, 0.15) is 0 Å². The maximum atomic E-state index is 13.1. The second kappa shape index (κ2) is 8.14. The van der Waals surface area contributed by atoms with Crippen LogP contribution in [-0.4, -0.2) is 42.7 Å². The third-order valence-corrected chi connectivity index (χ3v) is 8.46. The van der Waals surface area contributed by atoms with Crippen molar-refractivity contribution in [3.8, 4) is 0 Å². The SMILES string of the molecule is O=C(C1CCN(S(=O)(=O)c2ccc(Cl)cc2)CC1)N(Cc1cccs1)C1CC1. The van der Waals surface area contributed by atoms with Crippen molar-refractivity contribution in [2.45, 2.75) is 43.2 Å². The number of piperidine rings is 1. The fourth-order valence-corrected chi connectivity index (χ4v) is 5.98. The van der Waals surface area contributed by atoms with Crippen molar-refractivity contribution in [1.29, 1.82) is 0 Å². The minimum Gasteiger partial charge on any atom is -0.334 e. The summed E-state index contributed by atoms with van der Waals surface area (Å²) in [6, 6.07) is 10.7. The molecule has 1 amide bonds. The maximum absolute atomic E-state index is 13.1. The van der Waals surface area contributed by atoms with Gasteiger partial charge in [-0.1, -0.05) is 17.7 Å². The zero-order chi connectivity index (χ0) is 19.7. The molecule has 0 radical (unpaired) electrons. The molecule has 28 heavy (non-hydrogen) atoms. The van der Waals surface area contributed by atoms with Crippen molar-refractivity contribution in [2.75, 3.05) is 13.1 Å². The van der Waals surface area contributed by atoms with E-state index in [0.29, 0.717) is 43.5 Å². The van der Waals surface area contributed by atoms with Crippen LogP contribution in [0, 0.1) is 5.92 Å². The summed E-state index contributed by atoms with van der Waals surface area (Å²) in [4.78, 5) is 16.6. The molecule has 1 aliphatic heterocycles. The largest absolute Gasteiger partial charge is 0.334 e. The predicted octanol–water partition coefficient (Wildman–Crippen LogP) is 3.99. The number of thiophene rings is 1. The van der Waals surface area contributed by atoms with Crippen molar-refractivity contribution in [1.82, 2.24) is 9.21 Å². The molecule has 150 valence electrons. The Balaban J connectivity index is 1.40. The summed E-state index contributed by atoms with van der Waals surface area (Å²) < 4.78 is 27.1. The Hall–Kier alpha value is -1.41. The van der Waals surface area contributed by atoms with E-state index in [0.717, 1.165) is 12.8 Å². The van der Waals surface area contributed by atoms with E-state index < -0.39 is 10.0 Å². The van der Waals surface area contributed by atoms with Crippen LogP contribution in [0.3, 0.4) is 0 Å². The van der Waals surface area contributed by atoms with Crippen LogP contribution in [0.1, 0.15) is 30.6 Å². The average Bonchev–Trinajstić information content (AvgIpc) is 3.41. The second-order valence-electron chi connectivity index (χ2n) is 7.41. The number of benzene rings is 1. The highest BCUT2D eigenvalue weighted by molar-refractivity contribution is 7.89. The normalized spacial score (nSPS) is 18.9. The van der Waals surface area contributed by atoms with Crippen molar-refractivity contribution < 1.29 is 13.2 Å². The standard InChI is InChI=1S/C20H23ClN2O3S2/c21-16-3-7-19(8-4-16)28(25,26)22-11-9-15(10-12-22)20(24)23(17-5-6-17)14-18-2-1-13-27-18/h1-4,7-8,13,15,17H,5-6,9-12,14H2. The van der Waals surface area contributed by atoms with Crippen LogP contribution in [0.2, 0.25) is 5.02 Å². The number of nitrogens with zero attached hydrogens (tertiary/aromatic N) is 2. The number of halogens is 1. The Bertz CT molecular complexity index is 917. The van der Waals surface area contributed by atoms with Gasteiger partial charge in [0, 0.05) is 34.9 Å². The van der Waals surface area contributed by atoms with E-state index in [1.165, 1.54) is 21.3 Å². The fraction of sp³-hybridized carbons (Fsp3) is 0.450. The highest BCUT2D eigenvalue weighted by Crippen LogP contribution is 2.33. The van der Waals surface area contributed by atoms with Crippen LogP contribution in [0.15, 0.2) is 46.7 Å². The Morgan fingerprint density at radius 3 is 2.36 bits per heavy atom. The summed E-state index contributed by atoms with van der Waals surface area (Å²) in [5.74, 6) is 0.0803. The van der Waals surface area contributed by atoms with Crippen molar-refractivity contribution >= 4 is 38.9 Å². The first kappa shape index (κ1) is 19.9. The van der Waals surface area contributed by atoms with Gasteiger partial charge in [-0.25, -0.2) is 8.42 Å².